The van der Waals surface area contributed by atoms with Gasteiger partial charge in [0.1, 0.15) is 5.54 Å². The maximum Gasteiger partial charge on any atom is 0.416 e. The lowest BCUT2D eigenvalue weighted by molar-refractivity contribution is -0.138. The van der Waals surface area contributed by atoms with Gasteiger partial charge in [-0.3, -0.25) is 10.1 Å². The standard InChI is InChI=1S/C13H17F3N2O/c1-3-7-18-12(2,11(17)19)9-5-4-6-10(8-9)13(14,15)16/h4-6,8,18H,3,7H2,1-2H3,(H2,17,19). The molecule has 0 saturated heterocycles. The molecule has 3 N–H and O–H groups in total. The summed E-state index contributed by atoms with van der Waals surface area (Å²) in [5.41, 5.74) is 3.43. The minimum atomic E-state index is -4.45. The van der Waals surface area contributed by atoms with E-state index in [0.717, 1.165) is 18.6 Å². The van der Waals surface area contributed by atoms with Crippen molar-refractivity contribution in [1.82, 2.24) is 5.32 Å². The molecule has 0 spiro atoms. The van der Waals surface area contributed by atoms with Crippen LogP contribution in [0.3, 0.4) is 0 Å². The monoisotopic (exact) mass is 274 g/mol. The topological polar surface area (TPSA) is 55.1 Å². The van der Waals surface area contributed by atoms with Gasteiger partial charge in [-0.25, -0.2) is 0 Å². The van der Waals surface area contributed by atoms with Crippen molar-refractivity contribution in [2.24, 2.45) is 5.73 Å². The summed E-state index contributed by atoms with van der Waals surface area (Å²) in [4.78, 5) is 11.6. The number of carbonyl (C=O) groups excluding carboxylic acids is 1. The number of nitrogens with one attached hydrogen (secondary N) is 1. The fourth-order valence-electron chi connectivity index (χ4n) is 1.71. The molecule has 0 aliphatic heterocycles. The number of rotatable bonds is 5. The van der Waals surface area contributed by atoms with E-state index < -0.39 is 23.2 Å². The SMILES string of the molecule is CCCNC(C)(C(N)=O)c1cccc(C(F)(F)F)c1. The Balaban J connectivity index is 3.21. The van der Waals surface area contributed by atoms with Gasteiger partial charge in [-0.15, -0.1) is 0 Å². The van der Waals surface area contributed by atoms with Gasteiger partial charge in [-0.1, -0.05) is 19.1 Å². The first-order valence-electron chi connectivity index (χ1n) is 5.94. The summed E-state index contributed by atoms with van der Waals surface area (Å²) in [5, 5.41) is 2.90. The second-order valence-corrected chi connectivity index (χ2v) is 4.49. The van der Waals surface area contributed by atoms with Crippen LogP contribution >= 0.6 is 0 Å². The van der Waals surface area contributed by atoms with Gasteiger partial charge >= 0.3 is 6.18 Å². The molecule has 0 saturated carbocycles. The van der Waals surface area contributed by atoms with E-state index >= 15 is 0 Å². The van der Waals surface area contributed by atoms with Crippen LogP contribution in [0.4, 0.5) is 13.2 Å². The predicted octanol–water partition coefficient (Wildman–Crippen LogP) is 2.41. The summed E-state index contributed by atoms with van der Waals surface area (Å²) in [6.45, 7) is 3.86. The molecule has 19 heavy (non-hydrogen) atoms. The Kier molecular flexibility index (Phi) is 4.57. The molecule has 1 aromatic carbocycles. The number of halogens is 3. The van der Waals surface area contributed by atoms with Gasteiger partial charge in [0.15, 0.2) is 0 Å². The lowest BCUT2D eigenvalue weighted by atomic mass is 9.89. The molecular weight excluding hydrogens is 257 g/mol. The zero-order valence-corrected chi connectivity index (χ0v) is 10.8. The van der Waals surface area contributed by atoms with Crippen LogP contribution in [0.5, 0.6) is 0 Å². The maximum absolute atomic E-state index is 12.7. The fraction of sp³-hybridized carbons (Fsp3) is 0.462. The van der Waals surface area contributed by atoms with Gasteiger partial charge in [-0.05, 0) is 37.6 Å². The summed E-state index contributed by atoms with van der Waals surface area (Å²) in [6, 6.07) is 4.65. The van der Waals surface area contributed by atoms with E-state index in [1.54, 1.807) is 0 Å². The lowest BCUT2D eigenvalue weighted by Gasteiger charge is -2.28. The summed E-state index contributed by atoms with van der Waals surface area (Å²) in [5.74, 6) is -0.708. The first-order chi connectivity index (χ1) is 8.71. The number of alkyl halides is 3. The normalized spacial score (nSPS) is 15.0. The molecule has 0 aromatic heterocycles. The van der Waals surface area contributed by atoms with Crippen molar-refractivity contribution in [2.45, 2.75) is 32.0 Å². The zero-order chi connectivity index (χ0) is 14.7. The summed E-state index contributed by atoms with van der Waals surface area (Å²) in [7, 11) is 0. The number of hydrogen-bond donors (Lipinski definition) is 2. The predicted molar refractivity (Wildman–Crippen MR) is 66.3 cm³/mol. The number of amides is 1. The van der Waals surface area contributed by atoms with Crippen molar-refractivity contribution in [1.29, 1.82) is 0 Å². The molecule has 0 aliphatic carbocycles. The van der Waals surface area contributed by atoms with Crippen molar-refractivity contribution in [2.75, 3.05) is 6.54 Å². The van der Waals surface area contributed by atoms with E-state index in [2.05, 4.69) is 5.32 Å². The van der Waals surface area contributed by atoms with Gasteiger partial charge in [0.25, 0.3) is 0 Å². The molecule has 0 bridgehead atoms. The molecule has 1 aromatic rings. The van der Waals surface area contributed by atoms with Crippen LogP contribution in [0, 0.1) is 0 Å². The summed E-state index contributed by atoms with van der Waals surface area (Å²) >= 11 is 0. The first-order valence-corrected chi connectivity index (χ1v) is 5.94. The molecule has 0 fully saturated rings. The Morgan fingerprint density at radius 1 is 1.32 bits per heavy atom. The van der Waals surface area contributed by atoms with E-state index in [-0.39, 0.29) is 5.56 Å². The van der Waals surface area contributed by atoms with E-state index in [9.17, 15) is 18.0 Å². The molecule has 1 amide bonds. The van der Waals surface area contributed by atoms with Crippen LogP contribution in [0.2, 0.25) is 0 Å². The molecule has 0 radical (unpaired) electrons. The first kappa shape index (κ1) is 15.5. The Morgan fingerprint density at radius 3 is 2.37 bits per heavy atom. The molecular formula is C13H17F3N2O. The Labute approximate surface area is 110 Å². The van der Waals surface area contributed by atoms with E-state index in [1.807, 2.05) is 6.92 Å². The Bertz CT molecular complexity index is 459. The average molecular weight is 274 g/mol. The number of benzene rings is 1. The van der Waals surface area contributed by atoms with Gasteiger partial charge in [-0.2, -0.15) is 13.2 Å². The average Bonchev–Trinajstić information content (AvgIpc) is 2.34. The van der Waals surface area contributed by atoms with Crippen LogP contribution in [-0.2, 0) is 16.5 Å². The molecule has 1 atom stereocenters. The number of primary amides is 1. The van der Waals surface area contributed by atoms with Crippen molar-refractivity contribution in [3.05, 3.63) is 35.4 Å². The number of carbonyl (C=O) groups is 1. The van der Waals surface area contributed by atoms with Crippen LogP contribution in [-0.4, -0.2) is 12.5 Å². The maximum atomic E-state index is 12.7. The molecule has 0 heterocycles. The van der Waals surface area contributed by atoms with E-state index in [0.29, 0.717) is 6.54 Å². The Morgan fingerprint density at radius 2 is 1.89 bits per heavy atom. The van der Waals surface area contributed by atoms with E-state index in [4.69, 9.17) is 5.73 Å². The Hall–Kier alpha value is -1.56. The molecule has 0 aliphatic rings. The minimum absolute atomic E-state index is 0.211. The fourth-order valence-corrected chi connectivity index (χ4v) is 1.71. The third-order valence-electron chi connectivity index (χ3n) is 2.99. The molecule has 1 unspecified atom stereocenters. The number of hydrogen-bond acceptors (Lipinski definition) is 2. The molecule has 1 rings (SSSR count). The number of nitrogens with two attached hydrogens (primary N) is 1. The lowest BCUT2D eigenvalue weighted by Crippen LogP contribution is -2.50. The minimum Gasteiger partial charge on any atom is -0.368 e. The molecule has 6 heteroatoms. The third-order valence-corrected chi connectivity index (χ3v) is 2.99. The quantitative estimate of drug-likeness (QED) is 0.866. The van der Waals surface area contributed by atoms with E-state index in [1.165, 1.54) is 19.1 Å². The van der Waals surface area contributed by atoms with Crippen LogP contribution < -0.4 is 11.1 Å². The summed E-state index contributed by atoms with van der Waals surface area (Å²) in [6.07, 6.45) is -3.71. The molecule has 3 nitrogen and oxygen atoms in total. The largest absolute Gasteiger partial charge is 0.416 e. The van der Waals surface area contributed by atoms with Crippen LogP contribution in [0.15, 0.2) is 24.3 Å². The highest BCUT2D eigenvalue weighted by Gasteiger charge is 2.36. The highest BCUT2D eigenvalue weighted by molar-refractivity contribution is 5.85. The van der Waals surface area contributed by atoms with Gasteiger partial charge in [0, 0.05) is 0 Å². The highest BCUT2D eigenvalue weighted by Crippen LogP contribution is 2.32. The second-order valence-electron chi connectivity index (χ2n) is 4.49. The smallest absolute Gasteiger partial charge is 0.368 e. The van der Waals surface area contributed by atoms with Crippen molar-refractivity contribution in [3.8, 4) is 0 Å². The zero-order valence-electron chi connectivity index (χ0n) is 10.8. The molecule has 106 valence electrons. The van der Waals surface area contributed by atoms with Gasteiger partial charge in [0.05, 0.1) is 5.56 Å². The third kappa shape index (κ3) is 3.47. The van der Waals surface area contributed by atoms with Crippen molar-refractivity contribution >= 4 is 5.91 Å². The van der Waals surface area contributed by atoms with Crippen LogP contribution in [0.1, 0.15) is 31.4 Å². The van der Waals surface area contributed by atoms with Gasteiger partial charge < -0.3 is 5.73 Å². The highest BCUT2D eigenvalue weighted by atomic mass is 19.4. The second kappa shape index (κ2) is 5.61. The van der Waals surface area contributed by atoms with Crippen molar-refractivity contribution in [3.63, 3.8) is 0 Å². The van der Waals surface area contributed by atoms with Gasteiger partial charge in [0.2, 0.25) is 5.91 Å². The van der Waals surface area contributed by atoms with Crippen LogP contribution in [0.25, 0.3) is 0 Å². The van der Waals surface area contributed by atoms with Crippen molar-refractivity contribution < 1.29 is 18.0 Å². The summed E-state index contributed by atoms with van der Waals surface area (Å²) < 4.78 is 38.0.